The highest BCUT2D eigenvalue weighted by atomic mass is 35.5. The molecule has 0 aliphatic rings. The Morgan fingerprint density at radius 3 is 2.67 bits per heavy atom. The molecule has 21 heavy (non-hydrogen) atoms. The lowest BCUT2D eigenvalue weighted by molar-refractivity contribution is -0.127. The molecule has 1 rings (SSSR count). The van der Waals surface area contributed by atoms with Crippen LogP contribution in [-0.2, 0) is 14.3 Å². The van der Waals surface area contributed by atoms with E-state index in [0.29, 0.717) is 18.2 Å². The fourth-order valence-electron chi connectivity index (χ4n) is 1.54. The smallest absolute Gasteiger partial charge is 0.341 e. The second-order valence-corrected chi connectivity index (χ2v) is 4.61. The highest BCUT2D eigenvalue weighted by Gasteiger charge is 2.19. The van der Waals surface area contributed by atoms with Gasteiger partial charge < -0.3 is 19.5 Å². The fraction of sp³-hybridized carbons (Fsp3) is 0.429. The number of amides is 1. The van der Waals surface area contributed by atoms with Gasteiger partial charge in [-0.3, -0.25) is 4.79 Å². The Hall–Kier alpha value is -1.79. The number of rotatable bonds is 7. The number of esters is 1. The van der Waals surface area contributed by atoms with Gasteiger partial charge in [0.2, 0.25) is 0 Å². The van der Waals surface area contributed by atoms with E-state index in [-0.39, 0.29) is 17.2 Å². The quantitative estimate of drug-likeness (QED) is 0.612. The van der Waals surface area contributed by atoms with E-state index in [2.05, 4.69) is 10.1 Å². The second-order valence-electron chi connectivity index (χ2n) is 4.18. The summed E-state index contributed by atoms with van der Waals surface area (Å²) in [6.45, 7) is 2.37. The number of halogens is 1. The third-order valence-corrected chi connectivity index (χ3v) is 2.86. The molecule has 0 heterocycles. The largest absolute Gasteiger partial charge is 0.480 e. The number of hydrogen-bond acceptors (Lipinski definition) is 5. The van der Waals surface area contributed by atoms with Crippen molar-refractivity contribution in [2.24, 2.45) is 0 Å². The van der Waals surface area contributed by atoms with Gasteiger partial charge in [-0.05, 0) is 25.1 Å². The van der Waals surface area contributed by atoms with E-state index in [1.54, 1.807) is 20.1 Å². The van der Waals surface area contributed by atoms with Crippen LogP contribution in [0, 0.1) is 0 Å². The number of hydrogen-bond donors (Lipinski definition) is 1. The Kier molecular flexibility index (Phi) is 6.98. The number of nitrogens with one attached hydrogen (secondary N) is 1. The molecule has 0 aromatic heterocycles. The van der Waals surface area contributed by atoms with Crippen molar-refractivity contribution in [3.05, 3.63) is 28.8 Å². The molecular formula is C14H18ClNO5. The second kappa shape index (κ2) is 8.49. The molecule has 116 valence electrons. The minimum atomic E-state index is -0.772. The summed E-state index contributed by atoms with van der Waals surface area (Å²) in [5.74, 6) is -0.655. The number of methoxy groups -OCH3 is 2. The molecule has 0 saturated carbocycles. The third-order valence-electron chi connectivity index (χ3n) is 2.63. The van der Waals surface area contributed by atoms with Gasteiger partial charge in [-0.2, -0.15) is 0 Å². The highest BCUT2D eigenvalue weighted by Crippen LogP contribution is 2.24. The molecule has 0 unspecified atom stereocenters. The minimum absolute atomic E-state index is 0.168. The normalized spacial score (nSPS) is 11.6. The molecule has 0 spiro atoms. The van der Waals surface area contributed by atoms with Gasteiger partial charge >= 0.3 is 5.97 Å². The van der Waals surface area contributed by atoms with Crippen LogP contribution >= 0.6 is 11.6 Å². The molecular weight excluding hydrogens is 298 g/mol. The summed E-state index contributed by atoms with van der Waals surface area (Å²) in [6, 6.07) is 4.52. The molecule has 0 fully saturated rings. The summed E-state index contributed by atoms with van der Waals surface area (Å²) in [5.41, 5.74) is 0.168. The van der Waals surface area contributed by atoms with Crippen molar-refractivity contribution in [3.63, 3.8) is 0 Å². The number of carbonyl (C=O) groups is 2. The first-order valence-electron chi connectivity index (χ1n) is 6.30. The molecule has 0 bridgehead atoms. The van der Waals surface area contributed by atoms with Crippen LogP contribution in [0.2, 0.25) is 5.02 Å². The van der Waals surface area contributed by atoms with Gasteiger partial charge in [-0.1, -0.05) is 11.6 Å². The van der Waals surface area contributed by atoms with Crippen LogP contribution in [0.15, 0.2) is 18.2 Å². The van der Waals surface area contributed by atoms with Crippen LogP contribution < -0.4 is 10.1 Å². The summed E-state index contributed by atoms with van der Waals surface area (Å²) >= 11 is 5.84. The Balaban J connectivity index is 2.77. The molecule has 0 aliphatic carbocycles. The van der Waals surface area contributed by atoms with Gasteiger partial charge in [-0.25, -0.2) is 4.79 Å². The van der Waals surface area contributed by atoms with Crippen molar-refractivity contribution < 1.29 is 23.8 Å². The third kappa shape index (κ3) is 5.24. The van der Waals surface area contributed by atoms with Gasteiger partial charge in [0.05, 0.1) is 13.7 Å². The Morgan fingerprint density at radius 1 is 1.33 bits per heavy atom. The van der Waals surface area contributed by atoms with Gasteiger partial charge in [0, 0.05) is 18.7 Å². The number of ether oxygens (including phenoxy) is 3. The van der Waals surface area contributed by atoms with Crippen LogP contribution in [0.25, 0.3) is 0 Å². The topological polar surface area (TPSA) is 73.9 Å². The first-order valence-corrected chi connectivity index (χ1v) is 6.68. The van der Waals surface area contributed by atoms with Gasteiger partial charge in [0.15, 0.2) is 6.10 Å². The Labute approximate surface area is 128 Å². The molecule has 1 N–H and O–H groups in total. The van der Waals surface area contributed by atoms with Crippen molar-refractivity contribution >= 4 is 23.5 Å². The SMILES string of the molecule is COCCNC(=O)[C@@H](C)Oc1ccc(Cl)cc1C(=O)OC. The highest BCUT2D eigenvalue weighted by molar-refractivity contribution is 6.31. The van der Waals surface area contributed by atoms with Gasteiger partial charge in [-0.15, -0.1) is 0 Å². The van der Waals surface area contributed by atoms with Crippen molar-refractivity contribution in [3.8, 4) is 5.75 Å². The molecule has 1 aromatic carbocycles. The Morgan fingerprint density at radius 2 is 2.05 bits per heavy atom. The van der Waals surface area contributed by atoms with E-state index in [0.717, 1.165) is 0 Å². The van der Waals surface area contributed by atoms with Gasteiger partial charge in [0.25, 0.3) is 5.91 Å². The molecule has 6 nitrogen and oxygen atoms in total. The van der Waals surface area contributed by atoms with Crippen LogP contribution in [0.3, 0.4) is 0 Å². The van der Waals surface area contributed by atoms with E-state index >= 15 is 0 Å². The van der Waals surface area contributed by atoms with Crippen molar-refractivity contribution in [2.75, 3.05) is 27.4 Å². The molecule has 0 aliphatic heterocycles. The fourth-order valence-corrected chi connectivity index (χ4v) is 1.71. The monoisotopic (exact) mass is 315 g/mol. The summed E-state index contributed by atoms with van der Waals surface area (Å²) in [7, 11) is 2.80. The summed E-state index contributed by atoms with van der Waals surface area (Å²) in [5, 5.41) is 3.02. The predicted molar refractivity (Wildman–Crippen MR) is 77.8 cm³/mol. The summed E-state index contributed by atoms with van der Waals surface area (Å²) in [6.07, 6.45) is -0.772. The Bertz CT molecular complexity index is 506. The average Bonchev–Trinajstić information content (AvgIpc) is 2.48. The van der Waals surface area contributed by atoms with E-state index in [1.807, 2.05) is 0 Å². The first-order chi connectivity index (χ1) is 9.99. The molecule has 7 heteroatoms. The first kappa shape index (κ1) is 17.3. The maximum atomic E-state index is 11.8. The van der Waals surface area contributed by atoms with E-state index in [4.69, 9.17) is 21.1 Å². The average molecular weight is 316 g/mol. The molecule has 1 aromatic rings. The summed E-state index contributed by atoms with van der Waals surface area (Å²) < 4.78 is 15.0. The predicted octanol–water partition coefficient (Wildman–Crippen LogP) is 1.66. The van der Waals surface area contributed by atoms with Crippen LogP contribution in [0.4, 0.5) is 0 Å². The van der Waals surface area contributed by atoms with Crippen molar-refractivity contribution in [1.82, 2.24) is 5.32 Å². The van der Waals surface area contributed by atoms with E-state index < -0.39 is 12.1 Å². The van der Waals surface area contributed by atoms with Crippen LogP contribution in [0.5, 0.6) is 5.75 Å². The van der Waals surface area contributed by atoms with E-state index in [1.165, 1.54) is 19.2 Å². The number of benzene rings is 1. The molecule has 1 amide bonds. The van der Waals surface area contributed by atoms with Crippen LogP contribution in [0.1, 0.15) is 17.3 Å². The lowest BCUT2D eigenvalue weighted by atomic mass is 10.2. The zero-order valence-electron chi connectivity index (χ0n) is 12.1. The lowest BCUT2D eigenvalue weighted by Crippen LogP contribution is -2.38. The van der Waals surface area contributed by atoms with Crippen molar-refractivity contribution in [1.29, 1.82) is 0 Å². The van der Waals surface area contributed by atoms with Crippen LogP contribution in [-0.4, -0.2) is 45.4 Å². The zero-order valence-corrected chi connectivity index (χ0v) is 12.9. The zero-order chi connectivity index (χ0) is 15.8. The molecule has 0 saturated heterocycles. The maximum absolute atomic E-state index is 11.8. The summed E-state index contributed by atoms with van der Waals surface area (Å²) in [4.78, 5) is 23.5. The van der Waals surface area contributed by atoms with E-state index in [9.17, 15) is 9.59 Å². The standard InChI is InChI=1S/C14H18ClNO5/c1-9(13(17)16-6-7-19-2)21-12-5-4-10(15)8-11(12)14(18)20-3/h4-5,8-9H,6-7H2,1-3H3,(H,16,17)/t9-/m1/s1. The van der Waals surface area contributed by atoms with Gasteiger partial charge in [0.1, 0.15) is 11.3 Å². The minimum Gasteiger partial charge on any atom is -0.480 e. The maximum Gasteiger partial charge on any atom is 0.341 e. The lowest BCUT2D eigenvalue weighted by Gasteiger charge is -2.16. The molecule has 1 atom stereocenters. The number of carbonyl (C=O) groups excluding carboxylic acids is 2. The molecule has 0 radical (unpaired) electrons. The van der Waals surface area contributed by atoms with Crippen molar-refractivity contribution in [2.45, 2.75) is 13.0 Å².